The largest absolute Gasteiger partial charge is 0.476 e. The summed E-state index contributed by atoms with van der Waals surface area (Å²) in [5.74, 6) is 0.670. The van der Waals surface area contributed by atoms with Gasteiger partial charge in [-0.05, 0) is 38.4 Å². The van der Waals surface area contributed by atoms with Crippen molar-refractivity contribution >= 4 is 0 Å². The maximum absolute atomic E-state index is 5.82. The number of nitrogens with zero attached hydrogens (tertiary/aromatic N) is 2. The quantitative estimate of drug-likeness (QED) is 0.813. The zero-order valence-electron chi connectivity index (χ0n) is 10.6. The second-order valence-corrected chi connectivity index (χ2v) is 4.78. The topological polar surface area (TPSA) is 51.4 Å². The Kier molecular flexibility index (Phi) is 3.97. The molecular weight excluding hydrogens is 214 g/mol. The molecule has 1 fully saturated rings. The second-order valence-electron chi connectivity index (χ2n) is 4.78. The van der Waals surface area contributed by atoms with Gasteiger partial charge in [-0.2, -0.15) is 0 Å². The Balaban J connectivity index is 1.79. The van der Waals surface area contributed by atoms with Gasteiger partial charge in [-0.15, -0.1) is 0 Å². The SMILES string of the molecule is C[C@@H](N)c1ccnc(OCCN(C)C2CC2)c1. The predicted molar refractivity (Wildman–Crippen MR) is 68.0 cm³/mol. The van der Waals surface area contributed by atoms with Crippen LogP contribution in [0.15, 0.2) is 18.3 Å². The predicted octanol–water partition coefficient (Wildman–Crippen LogP) is 1.57. The van der Waals surface area contributed by atoms with Crippen LogP contribution in [0.5, 0.6) is 5.88 Å². The molecule has 1 atom stereocenters. The van der Waals surface area contributed by atoms with E-state index in [1.54, 1.807) is 6.20 Å². The average Bonchev–Trinajstić information content (AvgIpc) is 3.13. The summed E-state index contributed by atoms with van der Waals surface area (Å²) in [6, 6.07) is 4.65. The average molecular weight is 235 g/mol. The van der Waals surface area contributed by atoms with Crippen LogP contribution in [0, 0.1) is 0 Å². The summed E-state index contributed by atoms with van der Waals surface area (Å²) in [4.78, 5) is 6.53. The lowest BCUT2D eigenvalue weighted by atomic mass is 10.1. The fourth-order valence-corrected chi connectivity index (χ4v) is 1.78. The van der Waals surface area contributed by atoms with E-state index in [9.17, 15) is 0 Å². The Morgan fingerprint density at radius 1 is 1.59 bits per heavy atom. The molecular formula is C13H21N3O. The molecule has 0 saturated heterocycles. The highest BCUT2D eigenvalue weighted by molar-refractivity contribution is 5.22. The standard InChI is InChI=1S/C13H21N3O/c1-10(14)11-5-6-15-13(9-11)17-8-7-16(2)12-3-4-12/h5-6,9-10,12H,3-4,7-8,14H2,1-2H3/t10-/m1/s1. The maximum Gasteiger partial charge on any atom is 0.213 e. The number of nitrogens with two attached hydrogens (primary N) is 1. The molecule has 1 aromatic rings. The Bertz CT molecular complexity index is 363. The van der Waals surface area contributed by atoms with Crippen molar-refractivity contribution < 1.29 is 4.74 Å². The molecule has 1 aliphatic carbocycles. The summed E-state index contributed by atoms with van der Waals surface area (Å²) in [6.07, 6.45) is 4.41. The van der Waals surface area contributed by atoms with Crippen LogP contribution in [0.4, 0.5) is 0 Å². The molecule has 2 rings (SSSR count). The number of rotatable bonds is 6. The molecule has 0 aromatic carbocycles. The highest BCUT2D eigenvalue weighted by Gasteiger charge is 2.25. The van der Waals surface area contributed by atoms with Crippen LogP contribution in [-0.2, 0) is 0 Å². The first-order chi connectivity index (χ1) is 8.16. The Labute approximate surface area is 103 Å². The van der Waals surface area contributed by atoms with E-state index in [4.69, 9.17) is 10.5 Å². The lowest BCUT2D eigenvalue weighted by Crippen LogP contribution is -2.26. The third-order valence-corrected chi connectivity index (χ3v) is 3.15. The Hall–Kier alpha value is -1.13. The molecule has 0 amide bonds. The first-order valence-corrected chi connectivity index (χ1v) is 6.21. The number of pyridine rings is 1. The van der Waals surface area contributed by atoms with Gasteiger partial charge in [-0.25, -0.2) is 4.98 Å². The molecule has 0 aliphatic heterocycles. The minimum Gasteiger partial charge on any atom is -0.476 e. The second kappa shape index (κ2) is 5.47. The fraction of sp³-hybridized carbons (Fsp3) is 0.615. The van der Waals surface area contributed by atoms with Crippen molar-refractivity contribution in [2.45, 2.75) is 31.8 Å². The van der Waals surface area contributed by atoms with Crippen molar-refractivity contribution in [1.29, 1.82) is 0 Å². The van der Waals surface area contributed by atoms with Crippen LogP contribution < -0.4 is 10.5 Å². The van der Waals surface area contributed by atoms with Crippen molar-refractivity contribution in [3.63, 3.8) is 0 Å². The van der Waals surface area contributed by atoms with E-state index in [-0.39, 0.29) is 6.04 Å². The Morgan fingerprint density at radius 2 is 2.35 bits per heavy atom. The summed E-state index contributed by atoms with van der Waals surface area (Å²) < 4.78 is 5.64. The third kappa shape index (κ3) is 3.68. The first kappa shape index (κ1) is 12.3. The van der Waals surface area contributed by atoms with Crippen molar-refractivity contribution in [2.75, 3.05) is 20.2 Å². The summed E-state index contributed by atoms with van der Waals surface area (Å²) in [7, 11) is 2.15. The molecule has 2 N–H and O–H groups in total. The first-order valence-electron chi connectivity index (χ1n) is 6.21. The van der Waals surface area contributed by atoms with E-state index in [0.29, 0.717) is 12.5 Å². The molecule has 0 radical (unpaired) electrons. The van der Waals surface area contributed by atoms with E-state index in [1.807, 2.05) is 19.1 Å². The van der Waals surface area contributed by atoms with Gasteiger partial charge in [0.2, 0.25) is 5.88 Å². The van der Waals surface area contributed by atoms with Crippen LogP contribution in [0.2, 0.25) is 0 Å². The van der Waals surface area contributed by atoms with Crippen LogP contribution in [0.1, 0.15) is 31.4 Å². The molecule has 0 spiro atoms. The van der Waals surface area contributed by atoms with Gasteiger partial charge in [0.25, 0.3) is 0 Å². The number of aromatic nitrogens is 1. The smallest absolute Gasteiger partial charge is 0.213 e. The molecule has 1 aromatic heterocycles. The molecule has 1 aliphatic rings. The minimum absolute atomic E-state index is 0.0227. The van der Waals surface area contributed by atoms with E-state index in [1.165, 1.54) is 12.8 Å². The molecule has 0 bridgehead atoms. The zero-order valence-corrected chi connectivity index (χ0v) is 10.6. The van der Waals surface area contributed by atoms with Crippen molar-refractivity contribution in [2.24, 2.45) is 5.73 Å². The number of hydrogen-bond donors (Lipinski definition) is 1. The maximum atomic E-state index is 5.82. The van der Waals surface area contributed by atoms with Crippen LogP contribution in [-0.4, -0.2) is 36.1 Å². The van der Waals surface area contributed by atoms with Gasteiger partial charge < -0.3 is 15.4 Å². The van der Waals surface area contributed by atoms with Crippen molar-refractivity contribution in [1.82, 2.24) is 9.88 Å². The van der Waals surface area contributed by atoms with Gasteiger partial charge in [0.15, 0.2) is 0 Å². The summed E-state index contributed by atoms with van der Waals surface area (Å²) in [5, 5.41) is 0. The molecule has 0 unspecified atom stereocenters. The lowest BCUT2D eigenvalue weighted by molar-refractivity contribution is 0.226. The van der Waals surface area contributed by atoms with Gasteiger partial charge >= 0.3 is 0 Å². The van der Waals surface area contributed by atoms with Gasteiger partial charge in [0.05, 0.1) is 0 Å². The zero-order chi connectivity index (χ0) is 12.3. The monoisotopic (exact) mass is 235 g/mol. The van der Waals surface area contributed by atoms with E-state index in [0.717, 1.165) is 18.2 Å². The number of hydrogen-bond acceptors (Lipinski definition) is 4. The summed E-state index contributed by atoms with van der Waals surface area (Å²) >= 11 is 0. The van der Waals surface area contributed by atoms with Crippen LogP contribution in [0.25, 0.3) is 0 Å². The van der Waals surface area contributed by atoms with E-state index < -0.39 is 0 Å². The molecule has 94 valence electrons. The minimum atomic E-state index is 0.0227. The molecule has 1 saturated carbocycles. The fourth-order valence-electron chi connectivity index (χ4n) is 1.78. The molecule has 1 heterocycles. The van der Waals surface area contributed by atoms with Crippen molar-refractivity contribution in [3.05, 3.63) is 23.9 Å². The normalized spacial score (nSPS) is 17.2. The Morgan fingerprint density at radius 3 is 3.00 bits per heavy atom. The van der Waals surface area contributed by atoms with Gasteiger partial charge in [0.1, 0.15) is 6.61 Å². The highest BCUT2D eigenvalue weighted by Crippen LogP contribution is 2.24. The molecule has 17 heavy (non-hydrogen) atoms. The highest BCUT2D eigenvalue weighted by atomic mass is 16.5. The van der Waals surface area contributed by atoms with Crippen LogP contribution in [0.3, 0.4) is 0 Å². The van der Waals surface area contributed by atoms with Gasteiger partial charge in [-0.3, -0.25) is 0 Å². The summed E-state index contributed by atoms with van der Waals surface area (Å²) in [6.45, 7) is 3.59. The van der Waals surface area contributed by atoms with E-state index >= 15 is 0 Å². The lowest BCUT2D eigenvalue weighted by Gasteiger charge is -2.15. The summed E-state index contributed by atoms with van der Waals surface area (Å²) in [5.41, 5.74) is 6.88. The number of likely N-dealkylation sites (N-methyl/N-ethyl adjacent to an activating group) is 1. The molecule has 4 nitrogen and oxygen atoms in total. The van der Waals surface area contributed by atoms with Crippen LogP contribution >= 0.6 is 0 Å². The van der Waals surface area contributed by atoms with Gasteiger partial charge in [-0.1, -0.05) is 0 Å². The van der Waals surface area contributed by atoms with Gasteiger partial charge in [0, 0.05) is 30.9 Å². The molecule has 4 heteroatoms. The third-order valence-electron chi connectivity index (χ3n) is 3.15. The van der Waals surface area contributed by atoms with E-state index in [2.05, 4.69) is 16.9 Å². The van der Waals surface area contributed by atoms with Crippen molar-refractivity contribution in [3.8, 4) is 5.88 Å². The number of ether oxygens (including phenoxy) is 1.